The first-order chi connectivity index (χ1) is 8.72. The molecule has 2 N–H and O–H groups in total. The molecule has 0 bridgehead atoms. The van der Waals surface area contributed by atoms with E-state index >= 15 is 0 Å². The molecule has 0 aliphatic heterocycles. The summed E-state index contributed by atoms with van der Waals surface area (Å²) in [5.74, 6) is -0.310. The fourth-order valence-electron chi connectivity index (χ4n) is 1.32. The standard InChI is InChI=1S/C10H17N3O3S3/c1-7-8(18-10(17)12-7)6-9(14)11-4-5-19(15,16)13(2)3/h4-6H2,1-3H3,(H,11,14)(H,12,17). The van der Waals surface area contributed by atoms with Crippen LogP contribution in [-0.4, -0.2) is 50.0 Å². The molecule has 1 amide bonds. The number of hydrogen-bond donors (Lipinski definition) is 2. The number of sulfonamides is 1. The molecule has 0 saturated carbocycles. The Morgan fingerprint density at radius 3 is 2.58 bits per heavy atom. The van der Waals surface area contributed by atoms with Crippen molar-refractivity contribution in [2.24, 2.45) is 0 Å². The van der Waals surface area contributed by atoms with Crippen LogP contribution in [0.25, 0.3) is 0 Å². The maximum absolute atomic E-state index is 11.7. The van der Waals surface area contributed by atoms with Crippen molar-refractivity contribution in [3.05, 3.63) is 14.5 Å². The molecule has 1 aromatic heterocycles. The smallest absolute Gasteiger partial charge is 0.225 e. The number of carbonyl (C=O) groups is 1. The molecule has 0 atom stereocenters. The summed E-state index contributed by atoms with van der Waals surface area (Å²) in [6.45, 7) is 1.96. The highest BCUT2D eigenvalue weighted by Crippen LogP contribution is 2.14. The first kappa shape index (κ1) is 16.3. The van der Waals surface area contributed by atoms with Gasteiger partial charge in [-0.2, -0.15) is 0 Å². The van der Waals surface area contributed by atoms with E-state index in [-0.39, 0.29) is 24.6 Å². The zero-order chi connectivity index (χ0) is 14.6. The number of thiazole rings is 1. The van der Waals surface area contributed by atoms with Crippen LogP contribution >= 0.6 is 23.6 Å². The number of nitrogens with zero attached hydrogens (tertiary/aromatic N) is 1. The van der Waals surface area contributed by atoms with Gasteiger partial charge < -0.3 is 10.3 Å². The minimum atomic E-state index is -3.27. The predicted octanol–water partition coefficient (Wildman–Crippen LogP) is 0.664. The molecule has 1 heterocycles. The van der Waals surface area contributed by atoms with Crippen LogP contribution in [0.4, 0.5) is 0 Å². The van der Waals surface area contributed by atoms with Gasteiger partial charge in [0.05, 0.1) is 12.2 Å². The van der Waals surface area contributed by atoms with Gasteiger partial charge in [-0.25, -0.2) is 12.7 Å². The van der Waals surface area contributed by atoms with Crippen molar-refractivity contribution in [2.75, 3.05) is 26.4 Å². The predicted molar refractivity (Wildman–Crippen MR) is 78.4 cm³/mol. The molecular formula is C10H17N3O3S3. The van der Waals surface area contributed by atoms with Crippen LogP contribution in [0, 0.1) is 10.9 Å². The Labute approximate surface area is 121 Å². The van der Waals surface area contributed by atoms with Crippen LogP contribution in [0.3, 0.4) is 0 Å². The van der Waals surface area contributed by atoms with Crippen molar-refractivity contribution in [3.8, 4) is 0 Å². The van der Waals surface area contributed by atoms with Crippen molar-refractivity contribution in [2.45, 2.75) is 13.3 Å². The van der Waals surface area contributed by atoms with E-state index < -0.39 is 10.0 Å². The molecule has 0 spiro atoms. The Bertz CT molecular complexity index is 601. The lowest BCUT2D eigenvalue weighted by Gasteiger charge is -2.11. The normalized spacial score (nSPS) is 11.8. The molecule has 0 fully saturated rings. The molecule has 0 aliphatic rings. The van der Waals surface area contributed by atoms with Gasteiger partial charge in [-0.3, -0.25) is 4.79 Å². The number of aromatic nitrogens is 1. The number of carbonyl (C=O) groups excluding carboxylic acids is 1. The van der Waals surface area contributed by atoms with Gasteiger partial charge in [0.15, 0.2) is 3.95 Å². The summed E-state index contributed by atoms with van der Waals surface area (Å²) in [6.07, 6.45) is 0.214. The van der Waals surface area contributed by atoms with E-state index in [0.29, 0.717) is 3.95 Å². The molecule has 0 aliphatic carbocycles. The average molecular weight is 323 g/mol. The minimum Gasteiger partial charge on any atom is -0.355 e. The summed E-state index contributed by atoms with van der Waals surface area (Å²) in [7, 11) is -0.342. The van der Waals surface area contributed by atoms with Gasteiger partial charge in [0.25, 0.3) is 0 Å². The third-order valence-corrected chi connectivity index (χ3v) is 5.65. The van der Waals surface area contributed by atoms with Crippen LogP contribution in [0.1, 0.15) is 10.6 Å². The van der Waals surface area contributed by atoms with Crippen LogP contribution < -0.4 is 5.32 Å². The van der Waals surface area contributed by atoms with Gasteiger partial charge in [-0.1, -0.05) is 0 Å². The molecule has 0 saturated heterocycles. The molecule has 0 aromatic carbocycles. The second kappa shape index (κ2) is 6.60. The maximum atomic E-state index is 11.7. The average Bonchev–Trinajstić information content (AvgIpc) is 2.56. The van der Waals surface area contributed by atoms with E-state index in [4.69, 9.17) is 12.2 Å². The Morgan fingerprint density at radius 1 is 1.47 bits per heavy atom. The molecule has 1 aromatic rings. The number of aromatic amines is 1. The summed E-state index contributed by atoms with van der Waals surface area (Å²) in [6, 6.07) is 0. The van der Waals surface area contributed by atoms with E-state index in [1.54, 1.807) is 0 Å². The lowest BCUT2D eigenvalue weighted by atomic mass is 10.3. The zero-order valence-electron chi connectivity index (χ0n) is 11.0. The van der Waals surface area contributed by atoms with Crippen molar-refractivity contribution >= 4 is 39.5 Å². The third kappa shape index (κ3) is 5.01. The van der Waals surface area contributed by atoms with Gasteiger partial charge in [0.1, 0.15) is 0 Å². The highest BCUT2D eigenvalue weighted by atomic mass is 32.2. The number of hydrogen-bond acceptors (Lipinski definition) is 5. The highest BCUT2D eigenvalue weighted by Gasteiger charge is 2.14. The zero-order valence-corrected chi connectivity index (χ0v) is 13.5. The van der Waals surface area contributed by atoms with E-state index in [2.05, 4.69) is 10.3 Å². The first-order valence-corrected chi connectivity index (χ1v) is 8.41. The maximum Gasteiger partial charge on any atom is 0.225 e. The van der Waals surface area contributed by atoms with Crippen LogP contribution in [0.2, 0.25) is 0 Å². The van der Waals surface area contributed by atoms with Gasteiger partial charge in [0.2, 0.25) is 15.9 Å². The highest BCUT2D eigenvalue weighted by molar-refractivity contribution is 7.89. The topological polar surface area (TPSA) is 82.3 Å². The summed E-state index contributed by atoms with van der Waals surface area (Å²) in [4.78, 5) is 15.5. The summed E-state index contributed by atoms with van der Waals surface area (Å²) < 4.78 is 24.7. The first-order valence-electron chi connectivity index (χ1n) is 5.58. The van der Waals surface area contributed by atoms with Crippen LogP contribution in [-0.2, 0) is 21.2 Å². The van der Waals surface area contributed by atoms with Crippen molar-refractivity contribution < 1.29 is 13.2 Å². The van der Waals surface area contributed by atoms with E-state index in [0.717, 1.165) is 14.9 Å². The second-order valence-corrected chi connectivity index (χ2v) is 8.26. The summed E-state index contributed by atoms with van der Waals surface area (Å²) in [5, 5.41) is 2.59. The largest absolute Gasteiger partial charge is 0.355 e. The molecule has 108 valence electrons. The number of amides is 1. The van der Waals surface area contributed by atoms with Gasteiger partial charge in [0, 0.05) is 31.2 Å². The Balaban J connectivity index is 2.45. The van der Waals surface area contributed by atoms with Crippen molar-refractivity contribution in [3.63, 3.8) is 0 Å². The Morgan fingerprint density at radius 2 is 2.11 bits per heavy atom. The van der Waals surface area contributed by atoms with Crippen molar-refractivity contribution in [1.82, 2.24) is 14.6 Å². The van der Waals surface area contributed by atoms with E-state index in [1.165, 1.54) is 25.4 Å². The number of rotatable bonds is 6. The molecule has 9 heteroatoms. The number of nitrogens with one attached hydrogen (secondary N) is 2. The SMILES string of the molecule is Cc1[nH]c(=S)sc1CC(=O)NCCS(=O)(=O)N(C)C. The van der Waals surface area contributed by atoms with E-state index in [1.807, 2.05) is 6.92 Å². The molecule has 19 heavy (non-hydrogen) atoms. The molecule has 1 rings (SSSR count). The van der Waals surface area contributed by atoms with E-state index in [9.17, 15) is 13.2 Å². The number of aryl methyl sites for hydroxylation is 1. The van der Waals surface area contributed by atoms with Crippen LogP contribution in [0.15, 0.2) is 0 Å². The third-order valence-electron chi connectivity index (χ3n) is 2.48. The van der Waals surface area contributed by atoms with Crippen LogP contribution in [0.5, 0.6) is 0 Å². The fraction of sp³-hybridized carbons (Fsp3) is 0.600. The quantitative estimate of drug-likeness (QED) is 0.754. The fourth-order valence-corrected chi connectivity index (χ4v) is 3.33. The second-order valence-electron chi connectivity index (χ2n) is 4.19. The van der Waals surface area contributed by atoms with Crippen molar-refractivity contribution in [1.29, 1.82) is 0 Å². The number of H-pyrrole nitrogens is 1. The summed E-state index contributed by atoms with van der Waals surface area (Å²) in [5.41, 5.74) is 0.881. The molecular weight excluding hydrogens is 306 g/mol. The van der Waals surface area contributed by atoms with Gasteiger partial charge in [-0.05, 0) is 19.1 Å². The van der Waals surface area contributed by atoms with Gasteiger partial charge in [-0.15, -0.1) is 11.3 Å². The lowest BCUT2D eigenvalue weighted by Crippen LogP contribution is -2.34. The Kier molecular flexibility index (Phi) is 5.65. The summed E-state index contributed by atoms with van der Waals surface area (Å²) >= 11 is 6.34. The lowest BCUT2D eigenvalue weighted by molar-refractivity contribution is -0.120. The molecule has 0 radical (unpaired) electrons. The van der Waals surface area contributed by atoms with Gasteiger partial charge >= 0.3 is 0 Å². The minimum absolute atomic E-state index is 0.104. The monoisotopic (exact) mass is 323 g/mol. The Hall–Kier alpha value is -0.770. The molecule has 0 unspecified atom stereocenters. The molecule has 6 nitrogen and oxygen atoms in total.